The van der Waals surface area contributed by atoms with E-state index in [0.717, 1.165) is 11.4 Å². The number of aryl methyl sites for hydroxylation is 1. The average molecular weight is 181 g/mol. The number of carboxylic acids is 1. The zero-order valence-electron chi connectivity index (χ0n) is 7.32. The van der Waals surface area contributed by atoms with E-state index in [1.54, 1.807) is 6.33 Å². The maximum absolute atomic E-state index is 10.7. The molecule has 0 aromatic carbocycles. The Balaban J connectivity index is 2.27. The normalized spacial score (nSPS) is 21.2. The van der Waals surface area contributed by atoms with Crippen LogP contribution in [-0.4, -0.2) is 26.7 Å². The molecule has 0 radical (unpaired) electrons. The Kier molecular flexibility index (Phi) is 1.81. The summed E-state index contributed by atoms with van der Waals surface area (Å²) in [4.78, 5) is 14.9. The van der Waals surface area contributed by atoms with E-state index < -0.39 is 12.0 Å². The Morgan fingerprint density at radius 1 is 1.85 bits per heavy atom. The van der Waals surface area contributed by atoms with E-state index in [9.17, 15) is 4.79 Å². The summed E-state index contributed by atoms with van der Waals surface area (Å²) in [6.45, 7) is 0.549. The lowest BCUT2D eigenvalue weighted by molar-refractivity contribution is -0.139. The number of hydrogen-bond acceptors (Lipinski definition) is 3. The third kappa shape index (κ3) is 1.31. The lowest BCUT2D eigenvalue weighted by atomic mass is 10.1. The van der Waals surface area contributed by atoms with E-state index in [1.807, 2.05) is 11.6 Å². The van der Waals surface area contributed by atoms with Gasteiger partial charge in [-0.15, -0.1) is 0 Å². The molecule has 0 spiro atoms. The molecule has 70 valence electrons. The maximum atomic E-state index is 10.7. The molecule has 0 fully saturated rings. The van der Waals surface area contributed by atoms with Crippen molar-refractivity contribution in [3.8, 4) is 0 Å². The predicted octanol–water partition coefficient (Wildman–Crippen LogP) is -0.481. The fraction of sp³-hybridized carbons (Fsp3) is 0.500. The van der Waals surface area contributed by atoms with Gasteiger partial charge in [0.05, 0.1) is 12.0 Å². The van der Waals surface area contributed by atoms with Crippen molar-refractivity contribution < 1.29 is 9.90 Å². The molecule has 5 nitrogen and oxygen atoms in total. The van der Waals surface area contributed by atoms with Crippen molar-refractivity contribution in [2.75, 3.05) is 0 Å². The van der Waals surface area contributed by atoms with Gasteiger partial charge in [0.1, 0.15) is 6.04 Å². The van der Waals surface area contributed by atoms with Crippen LogP contribution in [0.15, 0.2) is 6.33 Å². The summed E-state index contributed by atoms with van der Waals surface area (Å²) in [5.41, 5.74) is 1.98. The SMILES string of the molecule is Cn1cnc2c1C[C@H](C(=O)O)NC2. The van der Waals surface area contributed by atoms with Crippen molar-refractivity contribution in [1.82, 2.24) is 14.9 Å². The first-order valence-corrected chi connectivity index (χ1v) is 4.13. The Morgan fingerprint density at radius 2 is 2.62 bits per heavy atom. The van der Waals surface area contributed by atoms with Crippen molar-refractivity contribution >= 4 is 5.97 Å². The third-order valence-electron chi connectivity index (χ3n) is 2.36. The zero-order valence-corrected chi connectivity index (χ0v) is 7.32. The summed E-state index contributed by atoms with van der Waals surface area (Å²) < 4.78 is 1.88. The van der Waals surface area contributed by atoms with Crippen LogP contribution in [0.4, 0.5) is 0 Å². The largest absolute Gasteiger partial charge is 0.480 e. The van der Waals surface area contributed by atoms with Gasteiger partial charge in [-0.05, 0) is 0 Å². The van der Waals surface area contributed by atoms with Crippen LogP contribution < -0.4 is 5.32 Å². The molecule has 1 aromatic rings. The van der Waals surface area contributed by atoms with Gasteiger partial charge in [-0.1, -0.05) is 0 Å². The molecule has 0 amide bonds. The number of imidazole rings is 1. The number of carbonyl (C=O) groups is 1. The average Bonchev–Trinajstić information content (AvgIpc) is 2.47. The lowest BCUT2D eigenvalue weighted by Crippen LogP contribution is -2.42. The number of hydrogen-bond donors (Lipinski definition) is 2. The van der Waals surface area contributed by atoms with E-state index in [0.29, 0.717) is 13.0 Å². The molecule has 2 heterocycles. The fourth-order valence-electron chi connectivity index (χ4n) is 1.57. The number of fused-ring (bicyclic) bond motifs is 1. The molecule has 1 aliphatic rings. The van der Waals surface area contributed by atoms with Crippen molar-refractivity contribution in [2.24, 2.45) is 7.05 Å². The molecule has 0 saturated carbocycles. The summed E-state index contributed by atoms with van der Waals surface area (Å²) >= 11 is 0. The smallest absolute Gasteiger partial charge is 0.321 e. The predicted molar refractivity (Wildman–Crippen MR) is 45.2 cm³/mol. The second kappa shape index (κ2) is 2.85. The number of aromatic nitrogens is 2. The van der Waals surface area contributed by atoms with Crippen LogP contribution in [0.2, 0.25) is 0 Å². The number of nitrogens with zero attached hydrogens (tertiary/aromatic N) is 2. The fourth-order valence-corrected chi connectivity index (χ4v) is 1.57. The first-order chi connectivity index (χ1) is 6.18. The molecule has 1 atom stereocenters. The Hall–Kier alpha value is -1.36. The van der Waals surface area contributed by atoms with Crippen molar-refractivity contribution in [3.63, 3.8) is 0 Å². The zero-order chi connectivity index (χ0) is 9.42. The van der Waals surface area contributed by atoms with Gasteiger partial charge in [0.25, 0.3) is 0 Å². The Bertz CT molecular complexity index is 345. The molecule has 1 aliphatic heterocycles. The number of rotatable bonds is 1. The van der Waals surface area contributed by atoms with Crippen LogP contribution in [0.5, 0.6) is 0 Å². The van der Waals surface area contributed by atoms with Gasteiger partial charge in [-0.2, -0.15) is 0 Å². The van der Waals surface area contributed by atoms with E-state index >= 15 is 0 Å². The summed E-state index contributed by atoms with van der Waals surface area (Å²) in [5.74, 6) is -0.799. The number of nitrogens with one attached hydrogen (secondary N) is 1. The highest BCUT2D eigenvalue weighted by Gasteiger charge is 2.25. The minimum Gasteiger partial charge on any atom is -0.480 e. The molecule has 5 heteroatoms. The van der Waals surface area contributed by atoms with Crippen molar-refractivity contribution in [3.05, 3.63) is 17.7 Å². The molecule has 2 rings (SSSR count). The first kappa shape index (κ1) is 8.25. The van der Waals surface area contributed by atoms with Gasteiger partial charge in [0.15, 0.2) is 0 Å². The summed E-state index contributed by atoms with van der Waals surface area (Å²) in [7, 11) is 1.88. The van der Waals surface area contributed by atoms with Crippen molar-refractivity contribution in [2.45, 2.75) is 19.0 Å². The minimum atomic E-state index is -0.799. The van der Waals surface area contributed by atoms with E-state index in [2.05, 4.69) is 10.3 Å². The van der Waals surface area contributed by atoms with Gasteiger partial charge >= 0.3 is 5.97 Å². The van der Waals surface area contributed by atoms with Gasteiger partial charge in [0, 0.05) is 25.7 Å². The molecular weight excluding hydrogens is 170 g/mol. The molecule has 2 N–H and O–H groups in total. The second-order valence-corrected chi connectivity index (χ2v) is 3.22. The molecule has 0 saturated heterocycles. The van der Waals surface area contributed by atoms with E-state index in [4.69, 9.17) is 5.11 Å². The lowest BCUT2D eigenvalue weighted by Gasteiger charge is -2.20. The highest BCUT2D eigenvalue weighted by Crippen LogP contribution is 2.14. The van der Waals surface area contributed by atoms with Crippen LogP contribution in [-0.2, 0) is 24.8 Å². The number of aliphatic carboxylic acids is 1. The monoisotopic (exact) mass is 181 g/mol. The van der Waals surface area contributed by atoms with Crippen LogP contribution in [0.3, 0.4) is 0 Å². The van der Waals surface area contributed by atoms with Gasteiger partial charge in [0.2, 0.25) is 0 Å². The van der Waals surface area contributed by atoms with Gasteiger partial charge in [-0.25, -0.2) is 4.98 Å². The summed E-state index contributed by atoms with van der Waals surface area (Å²) in [6, 6.07) is -0.470. The highest BCUT2D eigenvalue weighted by atomic mass is 16.4. The Morgan fingerprint density at radius 3 is 3.31 bits per heavy atom. The quantitative estimate of drug-likeness (QED) is 0.614. The van der Waals surface area contributed by atoms with Crippen molar-refractivity contribution in [1.29, 1.82) is 0 Å². The van der Waals surface area contributed by atoms with Crippen LogP contribution >= 0.6 is 0 Å². The summed E-state index contributed by atoms with van der Waals surface area (Å²) in [5, 5.41) is 11.7. The van der Waals surface area contributed by atoms with Crippen LogP contribution in [0.1, 0.15) is 11.4 Å². The molecule has 13 heavy (non-hydrogen) atoms. The van der Waals surface area contributed by atoms with Crippen LogP contribution in [0.25, 0.3) is 0 Å². The minimum absolute atomic E-state index is 0.470. The molecular formula is C8H11N3O2. The van der Waals surface area contributed by atoms with Gasteiger partial charge in [-0.3, -0.25) is 10.1 Å². The molecule has 1 aromatic heterocycles. The molecule has 0 bridgehead atoms. The second-order valence-electron chi connectivity index (χ2n) is 3.22. The highest BCUT2D eigenvalue weighted by molar-refractivity contribution is 5.74. The maximum Gasteiger partial charge on any atom is 0.321 e. The summed E-state index contributed by atoms with van der Waals surface area (Å²) in [6.07, 6.45) is 2.23. The standard InChI is InChI=1S/C8H11N3O2/c1-11-4-10-6-3-9-5(8(12)13)2-7(6)11/h4-5,9H,2-3H2,1H3,(H,12,13)/t5-/m1/s1. The molecule has 0 unspecified atom stereocenters. The van der Waals surface area contributed by atoms with Crippen LogP contribution in [0, 0.1) is 0 Å². The first-order valence-electron chi connectivity index (χ1n) is 4.13. The van der Waals surface area contributed by atoms with E-state index in [-0.39, 0.29) is 0 Å². The third-order valence-corrected chi connectivity index (χ3v) is 2.36. The number of carboxylic acid groups (broad SMARTS) is 1. The van der Waals surface area contributed by atoms with Gasteiger partial charge < -0.3 is 9.67 Å². The van der Waals surface area contributed by atoms with E-state index in [1.165, 1.54) is 0 Å². The topological polar surface area (TPSA) is 67.2 Å². The Labute approximate surface area is 75.4 Å². The molecule has 0 aliphatic carbocycles.